The van der Waals surface area contributed by atoms with E-state index in [0.29, 0.717) is 0 Å². The monoisotopic (exact) mass is 431 g/mol. The fourth-order valence-electron chi connectivity index (χ4n) is 2.91. The van der Waals surface area contributed by atoms with Gasteiger partial charge in [-0.1, -0.05) is 30.3 Å². The van der Waals surface area contributed by atoms with Crippen molar-refractivity contribution in [2.45, 2.75) is 52.6 Å². The lowest BCUT2D eigenvalue weighted by Gasteiger charge is -2.31. The van der Waals surface area contributed by atoms with Crippen molar-refractivity contribution in [1.29, 1.82) is 5.26 Å². The van der Waals surface area contributed by atoms with Gasteiger partial charge in [0.1, 0.15) is 11.5 Å². The van der Waals surface area contributed by atoms with Crippen LogP contribution in [0.1, 0.15) is 47.1 Å². The quantitative estimate of drug-likeness (QED) is 0.290. The maximum atomic E-state index is 13.1. The number of rotatable bonds is 8. The summed E-state index contributed by atoms with van der Waals surface area (Å²) in [6.45, 7) is 9.66. The summed E-state index contributed by atoms with van der Waals surface area (Å²) in [5, 5.41) is 14.1. The molecule has 0 fully saturated rings. The second-order valence-electron chi connectivity index (χ2n) is 7.56. The molecule has 1 rings (SSSR count). The summed E-state index contributed by atoms with van der Waals surface area (Å²) in [4.78, 5) is 38.0. The van der Waals surface area contributed by atoms with E-state index in [0.717, 1.165) is 0 Å². The minimum Gasteiger partial charge on any atom is -0.465 e. The van der Waals surface area contributed by atoms with Gasteiger partial charge in [0.05, 0.1) is 25.0 Å². The van der Waals surface area contributed by atoms with E-state index in [-0.39, 0.29) is 24.5 Å². The fraction of sp³-hybridized carbons (Fsp3) is 0.500. The van der Waals surface area contributed by atoms with Gasteiger partial charge in [-0.15, -0.1) is 0 Å². The molecule has 0 saturated heterocycles. The second-order valence-corrected chi connectivity index (χ2v) is 7.56. The molecule has 31 heavy (non-hydrogen) atoms. The molecule has 0 aliphatic heterocycles. The summed E-state index contributed by atoms with van der Waals surface area (Å²) in [5.74, 6) is -3.25. The largest absolute Gasteiger partial charge is 0.465 e. The van der Waals surface area contributed by atoms with Crippen molar-refractivity contribution in [2.75, 3.05) is 13.2 Å². The van der Waals surface area contributed by atoms with Crippen molar-refractivity contribution in [2.24, 2.45) is 11.0 Å². The van der Waals surface area contributed by atoms with Gasteiger partial charge in [0.2, 0.25) is 0 Å². The highest BCUT2D eigenvalue weighted by Crippen LogP contribution is 2.36. The fourth-order valence-corrected chi connectivity index (χ4v) is 2.91. The molecule has 0 aliphatic rings. The number of carbonyl (C=O) groups excluding carboxylic acids is 3. The van der Waals surface area contributed by atoms with E-state index in [1.165, 1.54) is 6.92 Å². The van der Waals surface area contributed by atoms with Gasteiger partial charge in [-0.2, -0.15) is 10.4 Å². The summed E-state index contributed by atoms with van der Waals surface area (Å²) in [6, 6.07) is 10.0. The molecule has 1 N–H and O–H groups in total. The van der Waals surface area contributed by atoms with Gasteiger partial charge in [-0.05, 0) is 47.1 Å². The van der Waals surface area contributed by atoms with Gasteiger partial charge in [0, 0.05) is 0 Å². The number of esters is 2. The van der Waals surface area contributed by atoms with Crippen LogP contribution < -0.4 is 5.43 Å². The molecule has 9 nitrogen and oxygen atoms in total. The lowest BCUT2D eigenvalue weighted by Crippen LogP contribution is -2.50. The SMILES string of the molecule is CCOC(=O)C(/C(C)=N/NC(=O)OC(C)(C)C)C(C#N)(C(=O)OCC)c1ccccc1. The molecule has 9 heteroatoms. The molecule has 0 heterocycles. The number of benzene rings is 1. The van der Waals surface area contributed by atoms with Crippen LogP contribution in [0.15, 0.2) is 35.4 Å². The number of hydrogen-bond acceptors (Lipinski definition) is 8. The predicted octanol–water partition coefficient (Wildman–Crippen LogP) is 3.09. The third-order valence-electron chi connectivity index (χ3n) is 4.10. The zero-order valence-electron chi connectivity index (χ0n) is 18.7. The van der Waals surface area contributed by atoms with Crippen LogP contribution in [-0.2, 0) is 29.2 Å². The highest BCUT2D eigenvalue weighted by Gasteiger charge is 2.55. The summed E-state index contributed by atoms with van der Waals surface area (Å²) in [6.07, 6.45) is -0.854. The lowest BCUT2D eigenvalue weighted by molar-refractivity contribution is -0.157. The molecule has 1 aromatic rings. The molecule has 0 radical (unpaired) electrons. The maximum Gasteiger partial charge on any atom is 0.428 e. The Labute approximate surface area is 182 Å². The van der Waals surface area contributed by atoms with Crippen LogP contribution in [-0.4, -0.2) is 42.6 Å². The van der Waals surface area contributed by atoms with Crippen molar-refractivity contribution in [3.63, 3.8) is 0 Å². The number of hydrogen-bond donors (Lipinski definition) is 1. The van der Waals surface area contributed by atoms with E-state index in [9.17, 15) is 19.6 Å². The third kappa shape index (κ3) is 6.54. The van der Waals surface area contributed by atoms with Gasteiger partial charge < -0.3 is 14.2 Å². The van der Waals surface area contributed by atoms with Gasteiger partial charge in [0.15, 0.2) is 5.41 Å². The summed E-state index contributed by atoms with van der Waals surface area (Å²) in [5.41, 5.74) is -0.437. The average molecular weight is 431 g/mol. The summed E-state index contributed by atoms with van der Waals surface area (Å²) < 4.78 is 15.4. The maximum absolute atomic E-state index is 13.1. The Morgan fingerprint density at radius 1 is 1.10 bits per heavy atom. The van der Waals surface area contributed by atoms with Crippen molar-refractivity contribution in [1.82, 2.24) is 5.43 Å². The first-order valence-electron chi connectivity index (χ1n) is 9.87. The molecule has 0 bridgehead atoms. The number of hydrazone groups is 1. The van der Waals surface area contributed by atoms with Crippen LogP contribution in [0.4, 0.5) is 4.79 Å². The molecule has 0 spiro atoms. The first-order valence-corrected chi connectivity index (χ1v) is 9.87. The van der Waals surface area contributed by atoms with Crippen molar-refractivity contribution < 1.29 is 28.6 Å². The number of nitrogens with zero attached hydrogens (tertiary/aromatic N) is 2. The van der Waals surface area contributed by atoms with Crippen LogP contribution in [0.25, 0.3) is 0 Å². The smallest absolute Gasteiger partial charge is 0.428 e. The number of nitriles is 1. The normalized spacial score (nSPS) is 14.4. The van der Waals surface area contributed by atoms with Crippen LogP contribution in [0.3, 0.4) is 0 Å². The van der Waals surface area contributed by atoms with E-state index in [4.69, 9.17) is 14.2 Å². The second kappa shape index (κ2) is 11.1. The van der Waals surface area contributed by atoms with Crippen molar-refractivity contribution >= 4 is 23.7 Å². The number of nitrogens with one attached hydrogen (secondary N) is 1. The average Bonchev–Trinajstić information content (AvgIpc) is 2.70. The molecule has 0 saturated carbocycles. The zero-order valence-corrected chi connectivity index (χ0v) is 18.7. The van der Waals surface area contributed by atoms with E-state index in [1.807, 2.05) is 6.07 Å². The van der Waals surface area contributed by atoms with Gasteiger partial charge in [-0.25, -0.2) is 15.0 Å². The minimum atomic E-state index is -2.08. The number of carbonyl (C=O) groups is 3. The molecule has 0 aromatic heterocycles. The highest BCUT2D eigenvalue weighted by molar-refractivity contribution is 6.09. The minimum absolute atomic E-state index is 0.00298. The van der Waals surface area contributed by atoms with Crippen LogP contribution in [0.2, 0.25) is 0 Å². The number of amides is 1. The molecule has 2 atom stereocenters. The topological polar surface area (TPSA) is 127 Å². The molecule has 2 unspecified atom stereocenters. The molecule has 0 aliphatic carbocycles. The van der Waals surface area contributed by atoms with Crippen LogP contribution in [0, 0.1) is 17.2 Å². The Bertz CT molecular complexity index is 854. The standard InChI is InChI=1S/C22H29N3O6/c1-7-29-18(26)17(15(3)24-25-20(28)31-21(4,5)6)22(14-23,19(27)30-8-2)16-12-10-9-11-13-16/h9-13,17H,7-8H2,1-6H3,(H,25,28)/b24-15+. The van der Waals surface area contributed by atoms with Crippen LogP contribution in [0.5, 0.6) is 0 Å². The van der Waals surface area contributed by atoms with E-state index >= 15 is 0 Å². The third-order valence-corrected chi connectivity index (χ3v) is 4.10. The Morgan fingerprint density at radius 2 is 1.68 bits per heavy atom. The van der Waals surface area contributed by atoms with E-state index in [2.05, 4.69) is 10.5 Å². The Hall–Kier alpha value is -3.41. The molecule has 1 aromatic carbocycles. The summed E-state index contributed by atoms with van der Waals surface area (Å²) >= 11 is 0. The predicted molar refractivity (Wildman–Crippen MR) is 113 cm³/mol. The van der Waals surface area contributed by atoms with E-state index in [1.54, 1.807) is 65.0 Å². The van der Waals surface area contributed by atoms with Gasteiger partial charge >= 0.3 is 18.0 Å². The Morgan fingerprint density at radius 3 is 2.16 bits per heavy atom. The number of ether oxygens (including phenoxy) is 3. The lowest BCUT2D eigenvalue weighted by atomic mass is 9.69. The Kier molecular flexibility index (Phi) is 9.18. The first-order chi connectivity index (χ1) is 14.5. The van der Waals surface area contributed by atoms with Crippen molar-refractivity contribution in [3.05, 3.63) is 35.9 Å². The molecule has 168 valence electrons. The van der Waals surface area contributed by atoms with Gasteiger partial charge in [-0.3, -0.25) is 4.79 Å². The van der Waals surface area contributed by atoms with E-state index < -0.39 is 35.0 Å². The summed E-state index contributed by atoms with van der Waals surface area (Å²) in [7, 11) is 0. The van der Waals surface area contributed by atoms with Gasteiger partial charge in [0.25, 0.3) is 0 Å². The Balaban J connectivity index is 3.57. The van der Waals surface area contributed by atoms with Crippen LogP contribution >= 0.6 is 0 Å². The zero-order chi connectivity index (χ0) is 23.7. The molecular weight excluding hydrogens is 402 g/mol. The van der Waals surface area contributed by atoms with Crippen molar-refractivity contribution in [3.8, 4) is 6.07 Å². The molecule has 1 amide bonds. The first kappa shape index (κ1) is 25.6. The molecular formula is C22H29N3O6. The highest BCUT2D eigenvalue weighted by atomic mass is 16.6.